The number of pyridine rings is 1. The van der Waals surface area contributed by atoms with Gasteiger partial charge in [-0.25, -0.2) is 4.98 Å². The SMILES string of the molecule is COc1ccc(-c2ccc(NCc3cccc(C)c3)nc2)cc1C(=O)NCC(=O)OC(C)(C)C. The number of nitrogens with one attached hydrogen (secondary N) is 2. The van der Waals surface area contributed by atoms with Crippen LogP contribution in [0.25, 0.3) is 11.1 Å². The number of nitrogens with zero attached hydrogens (tertiary/aromatic N) is 1. The van der Waals surface area contributed by atoms with Crippen molar-refractivity contribution in [1.82, 2.24) is 10.3 Å². The van der Waals surface area contributed by atoms with E-state index in [9.17, 15) is 9.59 Å². The molecule has 0 aliphatic rings. The Balaban J connectivity index is 1.69. The van der Waals surface area contributed by atoms with E-state index in [-0.39, 0.29) is 6.54 Å². The van der Waals surface area contributed by atoms with Gasteiger partial charge in [-0.3, -0.25) is 9.59 Å². The van der Waals surface area contributed by atoms with Crippen molar-refractivity contribution in [2.45, 2.75) is 39.8 Å². The zero-order chi connectivity index (χ0) is 24.7. The molecule has 1 amide bonds. The summed E-state index contributed by atoms with van der Waals surface area (Å²) in [6.45, 7) is 7.84. The van der Waals surface area contributed by atoms with Gasteiger partial charge in [0, 0.05) is 18.3 Å². The molecular formula is C27H31N3O4. The first-order valence-corrected chi connectivity index (χ1v) is 11.1. The summed E-state index contributed by atoms with van der Waals surface area (Å²) in [6.07, 6.45) is 1.75. The molecule has 2 aromatic carbocycles. The van der Waals surface area contributed by atoms with Gasteiger partial charge in [-0.15, -0.1) is 0 Å². The van der Waals surface area contributed by atoms with E-state index in [4.69, 9.17) is 9.47 Å². The largest absolute Gasteiger partial charge is 0.496 e. The quantitative estimate of drug-likeness (QED) is 0.471. The van der Waals surface area contributed by atoms with Gasteiger partial charge in [-0.2, -0.15) is 0 Å². The predicted molar refractivity (Wildman–Crippen MR) is 133 cm³/mol. The fraction of sp³-hybridized carbons (Fsp3) is 0.296. The van der Waals surface area contributed by atoms with Crippen LogP contribution in [0.1, 0.15) is 42.3 Å². The van der Waals surface area contributed by atoms with Crippen LogP contribution in [0, 0.1) is 6.92 Å². The van der Waals surface area contributed by atoms with E-state index in [2.05, 4.69) is 40.7 Å². The zero-order valence-corrected chi connectivity index (χ0v) is 20.3. The van der Waals surface area contributed by atoms with Gasteiger partial charge >= 0.3 is 5.97 Å². The second-order valence-electron chi connectivity index (χ2n) is 8.96. The summed E-state index contributed by atoms with van der Waals surface area (Å²) in [5, 5.41) is 5.92. The minimum absolute atomic E-state index is 0.230. The Bertz CT molecular complexity index is 1150. The van der Waals surface area contributed by atoms with E-state index in [1.165, 1.54) is 18.2 Å². The first kappa shape index (κ1) is 24.8. The van der Waals surface area contributed by atoms with Crippen molar-refractivity contribution >= 4 is 17.7 Å². The average Bonchev–Trinajstić information content (AvgIpc) is 2.80. The number of hydrogen-bond donors (Lipinski definition) is 2. The number of aromatic nitrogens is 1. The molecule has 0 aliphatic heterocycles. The Kier molecular flexibility index (Phi) is 7.89. The normalized spacial score (nSPS) is 11.0. The third kappa shape index (κ3) is 7.07. The van der Waals surface area contributed by atoms with E-state index in [0.717, 1.165) is 16.9 Å². The minimum Gasteiger partial charge on any atom is -0.496 e. The fourth-order valence-corrected chi connectivity index (χ4v) is 3.37. The maximum Gasteiger partial charge on any atom is 0.325 e. The highest BCUT2D eigenvalue weighted by Gasteiger charge is 2.19. The molecule has 0 spiro atoms. The molecule has 0 bridgehead atoms. The Labute approximate surface area is 200 Å². The number of rotatable bonds is 8. The molecule has 0 saturated heterocycles. The van der Waals surface area contributed by atoms with Gasteiger partial charge in [0.15, 0.2) is 0 Å². The van der Waals surface area contributed by atoms with Crippen molar-refractivity contribution in [3.63, 3.8) is 0 Å². The van der Waals surface area contributed by atoms with Crippen molar-refractivity contribution in [2.24, 2.45) is 0 Å². The molecule has 3 rings (SSSR count). The summed E-state index contributed by atoms with van der Waals surface area (Å²) in [5.41, 5.74) is 3.76. The number of benzene rings is 2. The zero-order valence-electron chi connectivity index (χ0n) is 20.3. The molecule has 7 nitrogen and oxygen atoms in total. The lowest BCUT2D eigenvalue weighted by atomic mass is 10.0. The first-order chi connectivity index (χ1) is 16.1. The lowest BCUT2D eigenvalue weighted by Gasteiger charge is -2.19. The number of ether oxygens (including phenoxy) is 2. The Morgan fingerprint density at radius 3 is 2.41 bits per heavy atom. The van der Waals surface area contributed by atoms with Crippen LogP contribution in [0.15, 0.2) is 60.8 Å². The van der Waals surface area contributed by atoms with Gasteiger partial charge in [0.05, 0.1) is 12.7 Å². The van der Waals surface area contributed by atoms with E-state index >= 15 is 0 Å². The van der Waals surface area contributed by atoms with Crippen molar-refractivity contribution in [3.8, 4) is 16.9 Å². The number of aryl methyl sites for hydroxylation is 1. The summed E-state index contributed by atoms with van der Waals surface area (Å²) in [6, 6.07) is 17.5. The smallest absolute Gasteiger partial charge is 0.325 e. The van der Waals surface area contributed by atoms with Crippen LogP contribution in [-0.4, -0.2) is 36.1 Å². The number of carbonyl (C=O) groups is 2. The molecule has 0 unspecified atom stereocenters. The van der Waals surface area contributed by atoms with Crippen molar-refractivity contribution < 1.29 is 19.1 Å². The summed E-state index contributed by atoms with van der Waals surface area (Å²) < 4.78 is 10.6. The maximum absolute atomic E-state index is 12.8. The summed E-state index contributed by atoms with van der Waals surface area (Å²) in [5.74, 6) is 0.242. The van der Waals surface area contributed by atoms with Crippen LogP contribution in [0.4, 0.5) is 5.82 Å². The van der Waals surface area contributed by atoms with Crippen LogP contribution in [0.3, 0.4) is 0 Å². The molecule has 2 N–H and O–H groups in total. The number of esters is 1. The molecule has 178 valence electrons. The van der Waals surface area contributed by atoms with Crippen LogP contribution >= 0.6 is 0 Å². The molecule has 0 fully saturated rings. The molecule has 0 atom stereocenters. The van der Waals surface area contributed by atoms with E-state index < -0.39 is 17.5 Å². The van der Waals surface area contributed by atoms with Gasteiger partial charge in [0.2, 0.25) is 0 Å². The highest BCUT2D eigenvalue weighted by Crippen LogP contribution is 2.27. The molecule has 1 heterocycles. The fourth-order valence-electron chi connectivity index (χ4n) is 3.37. The summed E-state index contributed by atoms with van der Waals surface area (Å²) >= 11 is 0. The van der Waals surface area contributed by atoms with E-state index in [0.29, 0.717) is 17.9 Å². The Hall–Kier alpha value is -3.87. The molecule has 3 aromatic rings. The molecule has 7 heteroatoms. The third-order valence-corrected chi connectivity index (χ3v) is 4.91. The Morgan fingerprint density at radius 2 is 1.76 bits per heavy atom. The molecule has 0 aliphatic carbocycles. The Morgan fingerprint density at radius 1 is 1.00 bits per heavy atom. The number of hydrogen-bond acceptors (Lipinski definition) is 6. The van der Waals surface area contributed by atoms with Gasteiger partial charge in [0.1, 0.15) is 23.7 Å². The topological polar surface area (TPSA) is 89.5 Å². The van der Waals surface area contributed by atoms with Crippen molar-refractivity contribution in [1.29, 1.82) is 0 Å². The number of methoxy groups -OCH3 is 1. The molecule has 0 radical (unpaired) electrons. The van der Waals surface area contributed by atoms with Crippen LogP contribution in [-0.2, 0) is 16.1 Å². The first-order valence-electron chi connectivity index (χ1n) is 11.1. The third-order valence-electron chi connectivity index (χ3n) is 4.91. The van der Waals surface area contributed by atoms with Crippen molar-refractivity contribution in [2.75, 3.05) is 19.0 Å². The summed E-state index contributed by atoms with van der Waals surface area (Å²) in [4.78, 5) is 29.2. The van der Waals surface area contributed by atoms with E-state index in [1.807, 2.05) is 24.3 Å². The van der Waals surface area contributed by atoms with Gasteiger partial charge in [0.25, 0.3) is 5.91 Å². The average molecular weight is 462 g/mol. The number of carbonyl (C=O) groups excluding carboxylic acids is 2. The molecular weight excluding hydrogens is 430 g/mol. The second-order valence-corrected chi connectivity index (χ2v) is 8.96. The highest BCUT2D eigenvalue weighted by molar-refractivity contribution is 5.99. The minimum atomic E-state index is -0.618. The number of anilines is 1. The summed E-state index contributed by atoms with van der Waals surface area (Å²) in [7, 11) is 1.50. The number of amides is 1. The second kappa shape index (κ2) is 10.8. The van der Waals surface area contributed by atoms with Crippen molar-refractivity contribution in [3.05, 3.63) is 77.5 Å². The molecule has 1 aromatic heterocycles. The van der Waals surface area contributed by atoms with Gasteiger partial charge in [-0.05, 0) is 63.1 Å². The maximum atomic E-state index is 12.8. The van der Waals surface area contributed by atoms with Gasteiger partial charge in [-0.1, -0.05) is 35.9 Å². The monoisotopic (exact) mass is 461 g/mol. The van der Waals surface area contributed by atoms with Crippen LogP contribution in [0.5, 0.6) is 5.75 Å². The standard InChI is InChI=1S/C27H31N3O4/c1-18-7-6-8-19(13-18)15-28-24-12-10-21(16-29-24)20-9-11-23(33-5)22(14-20)26(32)30-17-25(31)34-27(2,3)4/h6-14,16H,15,17H2,1-5H3,(H,28,29)(H,30,32). The predicted octanol–water partition coefficient (Wildman–Crippen LogP) is 4.75. The molecule has 34 heavy (non-hydrogen) atoms. The van der Waals surface area contributed by atoms with Crippen LogP contribution in [0.2, 0.25) is 0 Å². The lowest BCUT2D eigenvalue weighted by Crippen LogP contribution is -2.34. The highest BCUT2D eigenvalue weighted by atomic mass is 16.6. The van der Waals surface area contributed by atoms with E-state index in [1.54, 1.807) is 39.1 Å². The van der Waals surface area contributed by atoms with Gasteiger partial charge < -0.3 is 20.1 Å². The van der Waals surface area contributed by atoms with Crippen LogP contribution < -0.4 is 15.4 Å². The molecule has 0 saturated carbocycles. The lowest BCUT2D eigenvalue weighted by molar-refractivity contribution is -0.153.